The average molecular weight is 457 g/mol. The first-order chi connectivity index (χ1) is 16.1. The van der Waals surface area contributed by atoms with Crippen LogP contribution in [0.1, 0.15) is 0 Å². The summed E-state index contributed by atoms with van der Waals surface area (Å²) in [5.74, 6) is -0.557. The molecule has 0 unspecified atom stereocenters. The van der Waals surface area contributed by atoms with E-state index < -0.39 is 48.4 Å². The molecule has 12 heteroatoms. The fraction of sp³-hybridized carbons (Fsp3) is 0. The number of rotatable bonds is 3. The van der Waals surface area contributed by atoms with Crippen LogP contribution in [-0.4, -0.2) is 19.9 Å². The standard InChI is InChI=1S/C22H7N3O9/c26-20-10-1-7(23(29)30)2-11-16(10)19-17-12(20)3-8(24(31)32)4-13(17)22(28)15-6-9(25(33)34)5-14(18(15)19)21(11)27/h1-6,26H. The molecule has 1 N–H and O–H groups in total. The van der Waals surface area contributed by atoms with E-state index >= 15 is 0 Å². The van der Waals surface area contributed by atoms with Gasteiger partial charge in [-0.25, -0.2) is 0 Å². The predicted molar refractivity (Wildman–Crippen MR) is 121 cm³/mol. The quantitative estimate of drug-likeness (QED) is 0.178. The van der Waals surface area contributed by atoms with Gasteiger partial charge in [-0.1, -0.05) is 0 Å². The van der Waals surface area contributed by atoms with Crippen LogP contribution in [0.3, 0.4) is 0 Å². The van der Waals surface area contributed by atoms with Gasteiger partial charge in [-0.05, 0) is 0 Å². The van der Waals surface area contributed by atoms with Crippen LogP contribution in [0.15, 0.2) is 46.0 Å². The van der Waals surface area contributed by atoms with Gasteiger partial charge in [0, 0.05) is 90.6 Å². The number of non-ortho nitro benzene ring substituents is 3. The lowest BCUT2D eigenvalue weighted by Crippen LogP contribution is -2.14. The minimum absolute atomic E-state index is 0.0957. The molecule has 2 aliphatic carbocycles. The minimum Gasteiger partial charge on any atom is -0.507 e. The van der Waals surface area contributed by atoms with Crippen molar-refractivity contribution in [3.8, 4) is 16.9 Å². The Hall–Kier alpha value is -5.26. The maximum atomic E-state index is 13.4. The van der Waals surface area contributed by atoms with Gasteiger partial charge in [-0.2, -0.15) is 0 Å². The third-order valence-electron chi connectivity index (χ3n) is 6.24. The molecule has 4 aromatic rings. The SMILES string of the molecule is O=c1c2cc([N+](=O)[O-])cc3c2-c2c4c(cc([N+](=O)[O-])cc14)c(O)c1cc([N+](=O)[O-])cc(c3=O)c21. The number of phenolic OH excluding ortho intramolecular Hbond substituents is 1. The third kappa shape index (κ3) is 2.15. The van der Waals surface area contributed by atoms with Crippen molar-refractivity contribution in [1.29, 1.82) is 0 Å². The highest BCUT2D eigenvalue weighted by atomic mass is 16.6. The number of benzene rings is 6. The summed E-state index contributed by atoms with van der Waals surface area (Å²) in [6, 6.07) is 6.10. The molecule has 0 amide bonds. The highest BCUT2D eigenvalue weighted by Crippen LogP contribution is 2.51. The molecule has 0 radical (unpaired) electrons. The molecule has 6 rings (SSSR count). The zero-order chi connectivity index (χ0) is 24.2. The van der Waals surface area contributed by atoms with Gasteiger partial charge in [0.1, 0.15) is 5.75 Å². The van der Waals surface area contributed by atoms with E-state index in [1.165, 1.54) is 0 Å². The summed E-state index contributed by atoms with van der Waals surface area (Å²) in [4.78, 5) is 59.0. The zero-order valence-corrected chi connectivity index (χ0v) is 16.5. The summed E-state index contributed by atoms with van der Waals surface area (Å²) >= 11 is 0. The number of phenols is 1. The van der Waals surface area contributed by atoms with E-state index in [-0.39, 0.29) is 54.2 Å². The zero-order valence-electron chi connectivity index (χ0n) is 16.5. The van der Waals surface area contributed by atoms with Gasteiger partial charge in [-0.15, -0.1) is 0 Å². The second-order valence-corrected chi connectivity index (χ2v) is 7.90. The van der Waals surface area contributed by atoms with E-state index in [9.17, 15) is 45.0 Å². The fourth-order valence-corrected chi connectivity index (χ4v) is 4.90. The minimum atomic E-state index is -0.786. The maximum Gasteiger partial charge on any atom is 0.270 e. The first-order valence-electron chi connectivity index (χ1n) is 9.61. The fourth-order valence-electron chi connectivity index (χ4n) is 4.90. The molecule has 0 aromatic heterocycles. The number of aromatic hydroxyl groups is 1. The molecule has 0 saturated carbocycles. The average Bonchev–Trinajstić information content (AvgIpc) is 2.80. The molecule has 0 fully saturated rings. The van der Waals surface area contributed by atoms with E-state index in [2.05, 4.69) is 0 Å². The molecule has 4 aromatic carbocycles. The van der Waals surface area contributed by atoms with Crippen molar-refractivity contribution < 1.29 is 19.9 Å². The largest absolute Gasteiger partial charge is 0.507 e. The summed E-state index contributed by atoms with van der Waals surface area (Å²) in [5, 5.41) is 44.9. The number of nitrogens with zero attached hydrogens (tertiary/aromatic N) is 3. The molecule has 34 heavy (non-hydrogen) atoms. The predicted octanol–water partition coefficient (Wildman–Crippen LogP) is 3.87. The van der Waals surface area contributed by atoms with Crippen molar-refractivity contribution in [3.63, 3.8) is 0 Å². The lowest BCUT2D eigenvalue weighted by Gasteiger charge is -2.21. The summed E-state index contributed by atoms with van der Waals surface area (Å²) in [5.41, 5.74) is -2.80. The molecule has 0 spiro atoms. The Bertz CT molecular complexity index is 1870. The topological polar surface area (TPSA) is 184 Å². The Balaban J connectivity index is 2.09. The Labute approximate surface area is 184 Å². The van der Waals surface area contributed by atoms with Crippen molar-refractivity contribution in [1.82, 2.24) is 0 Å². The monoisotopic (exact) mass is 457 g/mol. The molecule has 164 valence electrons. The lowest BCUT2D eigenvalue weighted by atomic mass is 9.80. The summed E-state index contributed by atoms with van der Waals surface area (Å²) in [6.07, 6.45) is 0. The van der Waals surface area contributed by atoms with Gasteiger partial charge in [0.2, 0.25) is 0 Å². The number of hydrogen-bond donors (Lipinski definition) is 1. The smallest absolute Gasteiger partial charge is 0.270 e. The summed E-state index contributed by atoms with van der Waals surface area (Å²) in [6.45, 7) is 0. The molecule has 0 atom stereocenters. The molecule has 12 nitrogen and oxygen atoms in total. The van der Waals surface area contributed by atoms with Crippen LogP contribution in [0.2, 0.25) is 0 Å². The lowest BCUT2D eigenvalue weighted by molar-refractivity contribution is -0.384. The summed E-state index contributed by atoms with van der Waals surface area (Å²) < 4.78 is 0. The second kappa shape index (κ2) is 5.95. The van der Waals surface area contributed by atoms with Crippen LogP contribution >= 0.6 is 0 Å². The van der Waals surface area contributed by atoms with E-state index in [1.807, 2.05) is 0 Å². The van der Waals surface area contributed by atoms with Crippen LogP contribution in [0, 0.1) is 30.3 Å². The first kappa shape index (κ1) is 19.4. The number of hydrogen-bond acceptors (Lipinski definition) is 9. The van der Waals surface area contributed by atoms with Gasteiger partial charge in [0.25, 0.3) is 17.1 Å². The molecule has 0 saturated heterocycles. The highest BCUT2D eigenvalue weighted by Gasteiger charge is 2.32. The van der Waals surface area contributed by atoms with Crippen molar-refractivity contribution >= 4 is 60.2 Å². The molecule has 0 aliphatic heterocycles. The number of nitro groups is 3. The van der Waals surface area contributed by atoms with Crippen LogP contribution in [0.5, 0.6) is 5.75 Å². The van der Waals surface area contributed by atoms with E-state index in [4.69, 9.17) is 0 Å². The second-order valence-electron chi connectivity index (χ2n) is 7.90. The van der Waals surface area contributed by atoms with Crippen molar-refractivity contribution in [2.45, 2.75) is 0 Å². The van der Waals surface area contributed by atoms with Crippen molar-refractivity contribution in [2.24, 2.45) is 0 Å². The summed E-state index contributed by atoms with van der Waals surface area (Å²) in [7, 11) is 0. The Morgan fingerprint density at radius 1 is 0.529 bits per heavy atom. The number of nitro benzene ring substituents is 3. The third-order valence-corrected chi connectivity index (χ3v) is 6.24. The van der Waals surface area contributed by atoms with Crippen LogP contribution in [0.25, 0.3) is 54.2 Å². The molecular formula is C22H7N3O9. The van der Waals surface area contributed by atoms with E-state index in [0.29, 0.717) is 0 Å². The van der Waals surface area contributed by atoms with E-state index in [1.54, 1.807) is 0 Å². The maximum absolute atomic E-state index is 13.4. The van der Waals surface area contributed by atoms with Gasteiger partial charge in [0.15, 0.2) is 10.9 Å². The first-order valence-corrected chi connectivity index (χ1v) is 9.61. The molecule has 0 heterocycles. The van der Waals surface area contributed by atoms with Crippen LogP contribution in [0.4, 0.5) is 17.1 Å². The molecule has 0 bridgehead atoms. The molecule has 2 aliphatic rings. The van der Waals surface area contributed by atoms with Crippen LogP contribution in [-0.2, 0) is 0 Å². The molecular weight excluding hydrogens is 450 g/mol. The van der Waals surface area contributed by atoms with Crippen molar-refractivity contribution in [2.75, 3.05) is 0 Å². The Morgan fingerprint density at radius 3 is 1.21 bits per heavy atom. The van der Waals surface area contributed by atoms with Crippen molar-refractivity contribution in [3.05, 3.63) is 87.2 Å². The normalized spacial score (nSPS) is 12.0. The Kier molecular flexibility index (Phi) is 3.40. The van der Waals surface area contributed by atoms with Gasteiger partial charge in [-0.3, -0.25) is 39.9 Å². The van der Waals surface area contributed by atoms with Gasteiger partial charge in [0.05, 0.1) is 14.8 Å². The highest BCUT2D eigenvalue weighted by molar-refractivity contribution is 6.32. The Morgan fingerprint density at radius 2 is 0.853 bits per heavy atom. The van der Waals surface area contributed by atoms with Gasteiger partial charge < -0.3 is 5.11 Å². The van der Waals surface area contributed by atoms with Crippen LogP contribution < -0.4 is 10.9 Å². The van der Waals surface area contributed by atoms with Gasteiger partial charge >= 0.3 is 0 Å². The van der Waals surface area contributed by atoms with E-state index in [0.717, 1.165) is 36.4 Å².